The van der Waals surface area contributed by atoms with Crippen molar-refractivity contribution in [3.63, 3.8) is 0 Å². The number of rotatable bonds is 7. The van der Waals surface area contributed by atoms with Crippen LogP contribution in [-0.4, -0.2) is 61.6 Å². The number of likely N-dealkylation sites (tertiary alicyclic amines) is 1. The molecule has 0 saturated carbocycles. The Morgan fingerprint density at radius 2 is 2.18 bits per heavy atom. The summed E-state index contributed by atoms with van der Waals surface area (Å²) in [4.78, 5) is 18.4. The molecule has 1 saturated heterocycles. The van der Waals surface area contributed by atoms with Crippen LogP contribution in [0.2, 0.25) is 0 Å². The van der Waals surface area contributed by atoms with Crippen molar-refractivity contribution in [3.8, 4) is 0 Å². The third-order valence-corrected chi connectivity index (χ3v) is 4.34. The van der Waals surface area contributed by atoms with Gasteiger partial charge in [-0.2, -0.15) is 11.8 Å². The van der Waals surface area contributed by atoms with E-state index in [1.807, 2.05) is 17.8 Å². The van der Waals surface area contributed by atoms with Crippen molar-refractivity contribution in [1.82, 2.24) is 10.2 Å². The van der Waals surface area contributed by atoms with E-state index in [4.69, 9.17) is 4.74 Å². The topological polar surface area (TPSA) is 53.9 Å². The zero-order valence-corrected chi connectivity index (χ0v) is 16.7. The number of piperidine rings is 1. The quantitative estimate of drug-likeness (QED) is 0.164. The van der Waals surface area contributed by atoms with Crippen LogP contribution in [0.25, 0.3) is 0 Å². The zero-order valence-electron chi connectivity index (χ0n) is 13.5. The molecule has 5 nitrogen and oxygen atoms in total. The minimum absolute atomic E-state index is 0. The highest BCUT2D eigenvalue weighted by atomic mass is 127. The predicted octanol–water partition coefficient (Wildman–Crippen LogP) is 2.37. The van der Waals surface area contributed by atoms with Crippen LogP contribution in [0.1, 0.15) is 19.8 Å². The monoisotopic (exact) mass is 441 g/mol. The summed E-state index contributed by atoms with van der Waals surface area (Å²) in [6.07, 6.45) is 3.59. The van der Waals surface area contributed by atoms with Gasteiger partial charge >= 0.3 is 5.97 Å². The largest absolute Gasteiger partial charge is 0.469 e. The maximum Gasteiger partial charge on any atom is 0.308 e. The van der Waals surface area contributed by atoms with Crippen LogP contribution in [0.15, 0.2) is 17.6 Å². The van der Waals surface area contributed by atoms with Gasteiger partial charge in [-0.3, -0.25) is 9.79 Å². The summed E-state index contributed by atoms with van der Waals surface area (Å²) in [6.45, 7) is 9.15. The fraction of sp³-hybridized carbons (Fsp3) is 0.733. The Kier molecular flexibility index (Phi) is 12.8. The molecule has 0 aromatic rings. The Balaban J connectivity index is 0.00000441. The molecule has 1 fully saturated rings. The Labute approximate surface area is 155 Å². The van der Waals surface area contributed by atoms with Crippen molar-refractivity contribution >= 4 is 47.7 Å². The van der Waals surface area contributed by atoms with Crippen molar-refractivity contribution in [2.24, 2.45) is 10.9 Å². The van der Waals surface area contributed by atoms with Crippen molar-refractivity contribution in [2.45, 2.75) is 19.8 Å². The first kappa shape index (κ1) is 21.6. The Bertz CT molecular complexity index is 359. The Hall–Kier alpha value is -0.440. The lowest BCUT2D eigenvalue weighted by Gasteiger charge is -2.33. The van der Waals surface area contributed by atoms with Gasteiger partial charge in [0.25, 0.3) is 0 Å². The summed E-state index contributed by atoms with van der Waals surface area (Å²) in [5.41, 5.74) is 0. The summed E-state index contributed by atoms with van der Waals surface area (Å²) in [5.74, 6) is 2.88. The van der Waals surface area contributed by atoms with Gasteiger partial charge in [-0.15, -0.1) is 30.6 Å². The van der Waals surface area contributed by atoms with Crippen LogP contribution < -0.4 is 5.32 Å². The third kappa shape index (κ3) is 7.71. The number of nitrogens with zero attached hydrogens (tertiary/aromatic N) is 2. The minimum Gasteiger partial charge on any atom is -0.469 e. The number of methoxy groups -OCH3 is 1. The average molecular weight is 441 g/mol. The molecule has 1 N–H and O–H groups in total. The van der Waals surface area contributed by atoms with Crippen molar-refractivity contribution in [1.29, 1.82) is 0 Å². The molecule has 0 atom stereocenters. The van der Waals surface area contributed by atoms with Gasteiger partial charge in [-0.25, -0.2) is 0 Å². The molecule has 128 valence electrons. The summed E-state index contributed by atoms with van der Waals surface area (Å²) in [6, 6.07) is 0. The van der Waals surface area contributed by atoms with E-state index in [1.165, 1.54) is 7.11 Å². The van der Waals surface area contributed by atoms with Gasteiger partial charge in [0.05, 0.1) is 19.6 Å². The number of carbonyl (C=O) groups is 1. The van der Waals surface area contributed by atoms with Crippen LogP contribution in [0, 0.1) is 5.92 Å². The molecule has 0 unspecified atom stereocenters. The van der Waals surface area contributed by atoms with E-state index in [0.29, 0.717) is 0 Å². The highest BCUT2D eigenvalue weighted by Crippen LogP contribution is 2.18. The fourth-order valence-electron chi connectivity index (χ4n) is 2.30. The molecule has 0 aromatic carbocycles. The molecule has 0 aliphatic carbocycles. The van der Waals surface area contributed by atoms with Crippen LogP contribution in [-0.2, 0) is 9.53 Å². The van der Waals surface area contributed by atoms with Gasteiger partial charge < -0.3 is 15.0 Å². The number of aliphatic imine (C=N–C) groups is 1. The van der Waals surface area contributed by atoms with Gasteiger partial charge in [-0.05, 0) is 19.8 Å². The second kappa shape index (κ2) is 13.0. The number of hydrogen-bond donors (Lipinski definition) is 1. The number of hydrogen-bond acceptors (Lipinski definition) is 4. The fourth-order valence-corrected chi connectivity index (χ4v) is 2.86. The molecule has 0 aromatic heterocycles. The molecule has 1 rings (SSSR count). The lowest BCUT2D eigenvalue weighted by molar-refractivity contribution is -0.146. The molecule has 1 aliphatic rings. The van der Waals surface area contributed by atoms with Crippen LogP contribution in [0.4, 0.5) is 0 Å². The molecule has 0 radical (unpaired) electrons. The lowest BCUT2D eigenvalue weighted by atomic mass is 9.97. The van der Waals surface area contributed by atoms with Gasteiger partial charge in [0.2, 0.25) is 0 Å². The highest BCUT2D eigenvalue weighted by molar-refractivity contribution is 14.0. The number of carbonyl (C=O) groups excluding carboxylic acids is 1. The maximum atomic E-state index is 11.5. The van der Waals surface area contributed by atoms with E-state index < -0.39 is 0 Å². The van der Waals surface area contributed by atoms with E-state index in [1.54, 1.807) is 0 Å². The van der Waals surface area contributed by atoms with Crippen molar-refractivity contribution < 1.29 is 9.53 Å². The van der Waals surface area contributed by atoms with Gasteiger partial charge in [0.1, 0.15) is 0 Å². The molecule has 1 heterocycles. The Morgan fingerprint density at radius 3 is 2.73 bits per heavy atom. The molecule has 0 spiro atoms. The summed E-state index contributed by atoms with van der Waals surface area (Å²) < 4.78 is 4.82. The standard InChI is InChI=1S/C15H27N3O2S.HI/c1-4-11-21-12-8-17-15(16-5-2)18-9-6-13(7-10-18)14(19)20-3;/h4,13H,1,5-12H2,2-3H3,(H,16,17);1H. The van der Waals surface area contributed by atoms with E-state index in [9.17, 15) is 4.79 Å². The molecule has 7 heteroatoms. The first-order valence-corrected chi connectivity index (χ1v) is 8.68. The second-order valence-electron chi connectivity index (χ2n) is 4.88. The number of guanidine groups is 1. The molecular formula is C15H28IN3O2S. The van der Waals surface area contributed by atoms with E-state index >= 15 is 0 Å². The number of ether oxygens (including phenoxy) is 1. The van der Waals surface area contributed by atoms with Crippen LogP contribution >= 0.6 is 35.7 Å². The molecule has 0 amide bonds. The SMILES string of the molecule is C=CCSCCN=C(NCC)N1CCC(C(=O)OC)CC1.I. The number of esters is 1. The minimum atomic E-state index is -0.0857. The highest BCUT2D eigenvalue weighted by Gasteiger charge is 2.26. The second-order valence-corrected chi connectivity index (χ2v) is 6.03. The third-order valence-electron chi connectivity index (χ3n) is 3.40. The first-order chi connectivity index (χ1) is 10.2. The van der Waals surface area contributed by atoms with E-state index in [2.05, 4.69) is 28.7 Å². The first-order valence-electron chi connectivity index (χ1n) is 7.52. The van der Waals surface area contributed by atoms with Crippen molar-refractivity contribution in [3.05, 3.63) is 12.7 Å². The molecule has 22 heavy (non-hydrogen) atoms. The molecule has 0 bridgehead atoms. The molecular weight excluding hydrogens is 413 g/mol. The number of nitrogens with one attached hydrogen (secondary N) is 1. The number of thioether (sulfide) groups is 1. The van der Waals surface area contributed by atoms with Gasteiger partial charge in [0.15, 0.2) is 5.96 Å². The average Bonchev–Trinajstić information content (AvgIpc) is 2.53. The normalized spacial score (nSPS) is 15.9. The lowest BCUT2D eigenvalue weighted by Crippen LogP contribution is -2.46. The summed E-state index contributed by atoms with van der Waals surface area (Å²) in [5, 5.41) is 3.33. The van der Waals surface area contributed by atoms with Gasteiger partial charge in [-0.1, -0.05) is 6.08 Å². The maximum absolute atomic E-state index is 11.5. The van der Waals surface area contributed by atoms with Crippen molar-refractivity contribution in [2.75, 3.05) is 44.8 Å². The Morgan fingerprint density at radius 1 is 1.50 bits per heavy atom. The van der Waals surface area contributed by atoms with Crippen LogP contribution in [0.3, 0.4) is 0 Å². The van der Waals surface area contributed by atoms with Gasteiger partial charge in [0, 0.05) is 31.1 Å². The van der Waals surface area contributed by atoms with E-state index in [0.717, 1.165) is 56.5 Å². The smallest absolute Gasteiger partial charge is 0.308 e. The van der Waals surface area contributed by atoms with E-state index in [-0.39, 0.29) is 35.9 Å². The molecule has 1 aliphatic heterocycles. The van der Waals surface area contributed by atoms with Crippen LogP contribution in [0.5, 0.6) is 0 Å². The zero-order chi connectivity index (χ0) is 15.5. The number of halogens is 1. The predicted molar refractivity (Wildman–Crippen MR) is 105 cm³/mol. The summed E-state index contributed by atoms with van der Waals surface area (Å²) in [7, 11) is 1.46. The summed E-state index contributed by atoms with van der Waals surface area (Å²) >= 11 is 1.83.